The van der Waals surface area contributed by atoms with E-state index in [0.717, 1.165) is 47.5 Å². The van der Waals surface area contributed by atoms with Gasteiger partial charge >= 0.3 is 0 Å². The van der Waals surface area contributed by atoms with Gasteiger partial charge in [-0.05, 0) is 47.4 Å². The van der Waals surface area contributed by atoms with Gasteiger partial charge in [-0.3, -0.25) is 4.99 Å². The number of phenolic OH excluding ortho intramolecular Hbond substituents is 1. The molecule has 0 atom stereocenters. The Bertz CT molecular complexity index is 979. The Morgan fingerprint density at radius 2 is 1.75 bits per heavy atom. The van der Waals surface area contributed by atoms with E-state index in [0.29, 0.717) is 12.4 Å². The zero-order valence-electron chi connectivity index (χ0n) is 15.9. The van der Waals surface area contributed by atoms with Crippen LogP contribution in [0.1, 0.15) is 22.3 Å². The van der Waals surface area contributed by atoms with Crippen LogP contribution >= 0.6 is 0 Å². The van der Waals surface area contributed by atoms with Gasteiger partial charge < -0.3 is 14.6 Å². The van der Waals surface area contributed by atoms with E-state index in [2.05, 4.69) is 24.3 Å². The molecule has 28 heavy (non-hydrogen) atoms. The van der Waals surface area contributed by atoms with Crippen molar-refractivity contribution < 1.29 is 14.6 Å². The predicted molar refractivity (Wildman–Crippen MR) is 111 cm³/mol. The number of nitrogens with zero attached hydrogens (tertiary/aromatic N) is 1. The average Bonchev–Trinajstić information content (AvgIpc) is 2.74. The first-order valence-corrected chi connectivity index (χ1v) is 9.42. The first kappa shape index (κ1) is 18.1. The third-order valence-corrected chi connectivity index (χ3v) is 4.94. The maximum atomic E-state index is 10.1. The average molecular weight is 373 g/mol. The van der Waals surface area contributed by atoms with Crippen molar-refractivity contribution in [2.24, 2.45) is 4.99 Å². The molecule has 4 rings (SSSR count). The topological polar surface area (TPSA) is 51.0 Å². The molecule has 0 fully saturated rings. The minimum absolute atomic E-state index is 0.153. The lowest BCUT2D eigenvalue weighted by atomic mass is 9.93. The molecule has 0 unspecified atom stereocenters. The second-order valence-corrected chi connectivity index (χ2v) is 6.85. The number of hydrogen-bond donors (Lipinski definition) is 1. The van der Waals surface area contributed by atoms with Crippen LogP contribution in [-0.4, -0.2) is 24.5 Å². The number of phenols is 1. The summed E-state index contributed by atoms with van der Waals surface area (Å²) in [6.45, 7) is 1.32. The van der Waals surface area contributed by atoms with Crippen LogP contribution < -0.4 is 9.47 Å². The van der Waals surface area contributed by atoms with Crippen LogP contribution in [0.25, 0.3) is 0 Å². The molecule has 4 heteroatoms. The Morgan fingerprint density at radius 3 is 2.50 bits per heavy atom. The molecule has 0 saturated heterocycles. The third-order valence-electron chi connectivity index (χ3n) is 4.94. The van der Waals surface area contributed by atoms with Gasteiger partial charge in [-0.1, -0.05) is 42.5 Å². The summed E-state index contributed by atoms with van der Waals surface area (Å²) in [5.41, 5.74) is 5.48. The summed E-state index contributed by atoms with van der Waals surface area (Å²) in [4.78, 5) is 4.69. The van der Waals surface area contributed by atoms with Crippen molar-refractivity contribution >= 4 is 5.71 Å². The first-order chi connectivity index (χ1) is 13.7. The summed E-state index contributed by atoms with van der Waals surface area (Å²) in [6.07, 6.45) is 1.58. The lowest BCUT2D eigenvalue weighted by Gasteiger charge is -2.19. The standard InChI is InChI=1S/C24H23NO3/c1-27-24-14-19-11-12-25-22(21(19)15-23(24)26)13-17-7-9-20(10-8-17)28-16-18-5-3-2-4-6-18/h2-10,14-15,26H,11-13,16H2,1H3. The molecule has 1 heterocycles. The van der Waals surface area contributed by atoms with E-state index < -0.39 is 0 Å². The van der Waals surface area contributed by atoms with Crippen molar-refractivity contribution in [3.05, 3.63) is 89.0 Å². The van der Waals surface area contributed by atoms with Crippen LogP contribution in [0, 0.1) is 0 Å². The van der Waals surface area contributed by atoms with Crippen LogP contribution in [0.2, 0.25) is 0 Å². The number of hydrogen-bond acceptors (Lipinski definition) is 4. The second kappa shape index (κ2) is 8.17. The Morgan fingerprint density at radius 1 is 0.964 bits per heavy atom. The molecule has 0 spiro atoms. The Hall–Kier alpha value is -3.27. The Labute approximate surface area is 165 Å². The van der Waals surface area contributed by atoms with E-state index in [1.165, 1.54) is 5.56 Å². The molecule has 0 aromatic heterocycles. The quantitative estimate of drug-likeness (QED) is 0.689. The molecule has 1 aliphatic heterocycles. The van der Waals surface area contributed by atoms with Crippen molar-refractivity contribution in [1.29, 1.82) is 0 Å². The summed E-state index contributed by atoms with van der Waals surface area (Å²) < 4.78 is 11.1. The summed E-state index contributed by atoms with van der Waals surface area (Å²) in [5, 5.41) is 10.1. The molecular weight excluding hydrogens is 350 g/mol. The molecule has 0 bridgehead atoms. The molecule has 0 aliphatic carbocycles. The van der Waals surface area contributed by atoms with Crippen LogP contribution in [0.15, 0.2) is 71.7 Å². The molecule has 0 amide bonds. The molecule has 142 valence electrons. The highest BCUT2D eigenvalue weighted by atomic mass is 16.5. The lowest BCUT2D eigenvalue weighted by Crippen LogP contribution is -2.15. The van der Waals surface area contributed by atoms with E-state index >= 15 is 0 Å². The molecule has 3 aromatic carbocycles. The molecule has 1 aliphatic rings. The second-order valence-electron chi connectivity index (χ2n) is 6.85. The van der Waals surface area contributed by atoms with Gasteiger partial charge in [0.25, 0.3) is 0 Å². The molecule has 3 aromatic rings. The number of ether oxygens (including phenoxy) is 2. The van der Waals surface area contributed by atoms with Gasteiger partial charge in [-0.2, -0.15) is 0 Å². The summed E-state index contributed by atoms with van der Waals surface area (Å²) in [7, 11) is 1.57. The van der Waals surface area contributed by atoms with Crippen LogP contribution in [0.3, 0.4) is 0 Å². The van der Waals surface area contributed by atoms with Gasteiger partial charge in [0.1, 0.15) is 12.4 Å². The highest BCUT2D eigenvalue weighted by Crippen LogP contribution is 2.32. The maximum Gasteiger partial charge on any atom is 0.160 e. The first-order valence-electron chi connectivity index (χ1n) is 9.42. The fraction of sp³-hybridized carbons (Fsp3) is 0.208. The third kappa shape index (κ3) is 4.01. The zero-order valence-corrected chi connectivity index (χ0v) is 15.9. The lowest BCUT2D eigenvalue weighted by molar-refractivity contribution is 0.306. The molecular formula is C24H23NO3. The molecule has 1 N–H and O–H groups in total. The van der Waals surface area contributed by atoms with Gasteiger partial charge in [0, 0.05) is 24.2 Å². The monoisotopic (exact) mass is 373 g/mol. The molecule has 0 radical (unpaired) electrons. The minimum atomic E-state index is 0.153. The smallest absolute Gasteiger partial charge is 0.160 e. The highest BCUT2D eigenvalue weighted by molar-refractivity contribution is 6.04. The SMILES string of the molecule is COc1cc2c(cc1O)C(Cc1ccc(OCc3ccccc3)cc1)=NCC2. The van der Waals surface area contributed by atoms with Crippen LogP contribution in [0.4, 0.5) is 0 Å². The number of fused-ring (bicyclic) bond motifs is 1. The zero-order chi connectivity index (χ0) is 19.3. The van der Waals surface area contributed by atoms with Gasteiger partial charge in [0.05, 0.1) is 7.11 Å². The van der Waals surface area contributed by atoms with Gasteiger partial charge in [-0.15, -0.1) is 0 Å². The van der Waals surface area contributed by atoms with Crippen molar-refractivity contribution in [1.82, 2.24) is 0 Å². The van der Waals surface area contributed by atoms with Gasteiger partial charge in [0.15, 0.2) is 11.5 Å². The van der Waals surface area contributed by atoms with Gasteiger partial charge in [0.2, 0.25) is 0 Å². The minimum Gasteiger partial charge on any atom is -0.504 e. The maximum absolute atomic E-state index is 10.1. The van der Waals surface area contributed by atoms with Crippen molar-refractivity contribution in [3.63, 3.8) is 0 Å². The number of aliphatic imine (C=N–C) groups is 1. The largest absolute Gasteiger partial charge is 0.504 e. The molecule has 4 nitrogen and oxygen atoms in total. The van der Waals surface area contributed by atoms with Crippen molar-refractivity contribution in [2.45, 2.75) is 19.4 Å². The summed E-state index contributed by atoms with van der Waals surface area (Å²) in [5.74, 6) is 1.52. The van der Waals surface area contributed by atoms with E-state index in [9.17, 15) is 5.11 Å². The number of aromatic hydroxyl groups is 1. The molecule has 0 saturated carbocycles. The number of rotatable bonds is 6. The van der Waals surface area contributed by atoms with Crippen LogP contribution in [-0.2, 0) is 19.4 Å². The number of methoxy groups -OCH3 is 1. The summed E-state index contributed by atoms with van der Waals surface area (Å²) in [6, 6.07) is 21.9. The summed E-state index contributed by atoms with van der Waals surface area (Å²) >= 11 is 0. The fourth-order valence-electron chi connectivity index (χ4n) is 3.43. The predicted octanol–water partition coefficient (Wildman–Crippen LogP) is 4.57. The van der Waals surface area contributed by atoms with E-state index in [1.54, 1.807) is 13.2 Å². The highest BCUT2D eigenvalue weighted by Gasteiger charge is 2.18. The van der Waals surface area contributed by atoms with E-state index in [-0.39, 0.29) is 5.75 Å². The van der Waals surface area contributed by atoms with Crippen molar-refractivity contribution in [3.8, 4) is 17.2 Å². The number of benzene rings is 3. The fourth-order valence-corrected chi connectivity index (χ4v) is 3.43. The Balaban J connectivity index is 1.45. The Kier molecular flexibility index (Phi) is 5.29. The van der Waals surface area contributed by atoms with Crippen molar-refractivity contribution in [2.75, 3.05) is 13.7 Å². The van der Waals surface area contributed by atoms with E-state index in [1.807, 2.05) is 36.4 Å². The van der Waals surface area contributed by atoms with Crippen LogP contribution in [0.5, 0.6) is 17.2 Å². The van der Waals surface area contributed by atoms with E-state index in [4.69, 9.17) is 14.5 Å². The normalized spacial score (nSPS) is 12.8. The van der Waals surface area contributed by atoms with Gasteiger partial charge in [-0.25, -0.2) is 0 Å².